The number of amides is 2. The third kappa shape index (κ3) is 4.32. The van der Waals surface area contributed by atoms with E-state index in [4.69, 9.17) is 9.47 Å². The van der Waals surface area contributed by atoms with Gasteiger partial charge >= 0.3 is 0 Å². The summed E-state index contributed by atoms with van der Waals surface area (Å²) in [4.78, 5) is 29.2. The molecule has 4 rings (SSSR count). The number of ether oxygens (including phenoxy) is 2. The molecule has 2 amide bonds. The third-order valence-corrected chi connectivity index (χ3v) is 5.89. The van der Waals surface area contributed by atoms with Crippen LogP contribution in [0.25, 0.3) is 6.08 Å². The number of carbonyl (C=O) groups is 2. The maximum absolute atomic E-state index is 12.8. The molecule has 3 aliphatic heterocycles. The molecule has 0 spiro atoms. The molecule has 1 aromatic rings. The lowest BCUT2D eigenvalue weighted by atomic mass is 9.95. The van der Waals surface area contributed by atoms with E-state index in [-0.39, 0.29) is 18.6 Å². The summed E-state index contributed by atoms with van der Waals surface area (Å²) in [5.74, 6) is 1.81. The van der Waals surface area contributed by atoms with E-state index in [9.17, 15) is 9.59 Å². The van der Waals surface area contributed by atoms with Crippen LogP contribution in [0.3, 0.4) is 0 Å². The number of carbonyl (C=O) groups excluding carboxylic acids is 2. The van der Waals surface area contributed by atoms with Crippen LogP contribution in [-0.2, 0) is 9.59 Å². The predicted molar refractivity (Wildman–Crippen MR) is 106 cm³/mol. The van der Waals surface area contributed by atoms with E-state index in [1.165, 1.54) is 12.8 Å². The lowest BCUT2D eigenvalue weighted by Gasteiger charge is -2.33. The normalized spacial score (nSPS) is 20.4. The highest BCUT2D eigenvalue weighted by Crippen LogP contribution is 2.32. The number of hydrogen-bond acceptors (Lipinski definition) is 4. The molecule has 0 radical (unpaired) electrons. The molecule has 0 saturated carbocycles. The summed E-state index contributed by atoms with van der Waals surface area (Å²) in [6.45, 7) is 3.34. The molecule has 0 aromatic heterocycles. The van der Waals surface area contributed by atoms with E-state index < -0.39 is 0 Å². The Hall–Kier alpha value is -2.50. The zero-order valence-electron chi connectivity index (χ0n) is 16.3. The van der Waals surface area contributed by atoms with Crippen LogP contribution in [0.1, 0.15) is 44.1 Å². The number of likely N-dealkylation sites (tertiary alicyclic amines) is 2. The zero-order chi connectivity index (χ0) is 19.3. The maximum Gasteiger partial charge on any atom is 0.246 e. The highest BCUT2D eigenvalue weighted by Gasteiger charge is 2.29. The van der Waals surface area contributed by atoms with Gasteiger partial charge in [0.1, 0.15) is 0 Å². The molecule has 0 bridgehead atoms. The van der Waals surface area contributed by atoms with Crippen molar-refractivity contribution in [2.75, 3.05) is 33.0 Å². The minimum absolute atomic E-state index is 0.00154. The van der Waals surface area contributed by atoms with Crippen LogP contribution in [0.15, 0.2) is 24.3 Å². The van der Waals surface area contributed by atoms with Crippen LogP contribution in [0.5, 0.6) is 11.5 Å². The summed E-state index contributed by atoms with van der Waals surface area (Å²) >= 11 is 0. The average Bonchev–Trinajstić information content (AvgIpc) is 3.03. The Bertz CT molecular complexity index is 745. The summed E-state index contributed by atoms with van der Waals surface area (Å²) in [5, 5.41) is 0. The van der Waals surface area contributed by atoms with Crippen molar-refractivity contribution in [3.63, 3.8) is 0 Å². The minimum Gasteiger partial charge on any atom is -0.454 e. The van der Waals surface area contributed by atoms with Gasteiger partial charge in [0.2, 0.25) is 18.6 Å². The van der Waals surface area contributed by atoms with Crippen LogP contribution in [0.4, 0.5) is 0 Å². The summed E-state index contributed by atoms with van der Waals surface area (Å²) in [5.41, 5.74) is 0.906. The fourth-order valence-electron chi connectivity index (χ4n) is 4.19. The molecule has 0 unspecified atom stereocenters. The topological polar surface area (TPSA) is 59.1 Å². The molecule has 28 heavy (non-hydrogen) atoms. The van der Waals surface area contributed by atoms with Gasteiger partial charge in [-0.1, -0.05) is 18.9 Å². The molecular formula is C22H28N2O4. The van der Waals surface area contributed by atoms with Crippen LogP contribution in [0.2, 0.25) is 0 Å². The molecule has 150 valence electrons. The van der Waals surface area contributed by atoms with Gasteiger partial charge in [-0.15, -0.1) is 0 Å². The van der Waals surface area contributed by atoms with Gasteiger partial charge in [-0.3, -0.25) is 9.59 Å². The molecule has 3 heterocycles. The minimum atomic E-state index is -0.00154. The summed E-state index contributed by atoms with van der Waals surface area (Å²) in [7, 11) is 0. The Morgan fingerprint density at radius 1 is 0.893 bits per heavy atom. The molecule has 1 aromatic carbocycles. The first-order valence-corrected chi connectivity index (χ1v) is 10.4. The van der Waals surface area contributed by atoms with Crippen molar-refractivity contribution in [2.45, 2.75) is 38.5 Å². The number of benzene rings is 1. The Morgan fingerprint density at radius 3 is 2.36 bits per heavy atom. The van der Waals surface area contributed by atoms with Crippen LogP contribution in [0, 0.1) is 5.92 Å². The lowest BCUT2D eigenvalue weighted by Crippen LogP contribution is -2.44. The Morgan fingerprint density at radius 2 is 1.61 bits per heavy atom. The quantitative estimate of drug-likeness (QED) is 0.752. The SMILES string of the molecule is O=C(/C=C/c1ccc2c(c1)OCO2)N1CCC(C(=O)N2CCCCCC2)CC1. The van der Waals surface area contributed by atoms with Gasteiger partial charge in [0.15, 0.2) is 11.5 Å². The van der Waals surface area contributed by atoms with Crippen molar-refractivity contribution in [1.29, 1.82) is 0 Å². The van der Waals surface area contributed by atoms with E-state index in [0.717, 1.165) is 50.1 Å². The van der Waals surface area contributed by atoms with Gasteiger partial charge in [0.25, 0.3) is 0 Å². The molecule has 0 atom stereocenters. The standard InChI is InChI=1S/C22H28N2O4/c25-21(8-6-17-5-7-19-20(15-17)28-16-27-19)23-13-9-18(10-14-23)22(26)24-11-3-1-2-4-12-24/h5-8,15,18H,1-4,9-14,16H2/b8-6+. The fourth-order valence-corrected chi connectivity index (χ4v) is 4.19. The largest absolute Gasteiger partial charge is 0.454 e. The van der Waals surface area contributed by atoms with Crippen molar-refractivity contribution in [3.8, 4) is 11.5 Å². The van der Waals surface area contributed by atoms with Gasteiger partial charge in [-0.05, 0) is 49.5 Å². The second-order valence-electron chi connectivity index (χ2n) is 7.79. The average molecular weight is 384 g/mol. The van der Waals surface area contributed by atoms with Crippen LogP contribution in [-0.4, -0.2) is 54.6 Å². The van der Waals surface area contributed by atoms with Crippen LogP contribution < -0.4 is 9.47 Å². The molecular weight excluding hydrogens is 356 g/mol. The number of hydrogen-bond donors (Lipinski definition) is 0. The predicted octanol–water partition coefficient (Wildman–Crippen LogP) is 3.07. The highest BCUT2D eigenvalue weighted by atomic mass is 16.7. The van der Waals surface area contributed by atoms with Gasteiger partial charge in [0, 0.05) is 38.2 Å². The van der Waals surface area contributed by atoms with Crippen LogP contribution >= 0.6 is 0 Å². The molecule has 0 N–H and O–H groups in total. The second-order valence-corrected chi connectivity index (χ2v) is 7.79. The first-order valence-electron chi connectivity index (χ1n) is 10.4. The summed E-state index contributed by atoms with van der Waals surface area (Å²) in [6, 6.07) is 5.63. The van der Waals surface area contributed by atoms with E-state index in [1.807, 2.05) is 23.1 Å². The first-order chi connectivity index (χ1) is 13.7. The first kappa shape index (κ1) is 18.8. The Kier molecular flexibility index (Phi) is 5.84. The van der Waals surface area contributed by atoms with Crippen molar-refractivity contribution < 1.29 is 19.1 Å². The molecule has 6 nitrogen and oxygen atoms in total. The molecule has 0 aliphatic carbocycles. The van der Waals surface area contributed by atoms with Gasteiger partial charge in [-0.2, -0.15) is 0 Å². The van der Waals surface area contributed by atoms with E-state index in [0.29, 0.717) is 24.7 Å². The summed E-state index contributed by atoms with van der Waals surface area (Å²) < 4.78 is 10.7. The summed E-state index contributed by atoms with van der Waals surface area (Å²) in [6.07, 6.45) is 9.63. The van der Waals surface area contributed by atoms with Gasteiger partial charge < -0.3 is 19.3 Å². The third-order valence-electron chi connectivity index (χ3n) is 5.89. The monoisotopic (exact) mass is 384 g/mol. The lowest BCUT2D eigenvalue weighted by molar-refractivity contribution is -0.139. The highest BCUT2D eigenvalue weighted by molar-refractivity contribution is 5.92. The zero-order valence-corrected chi connectivity index (χ0v) is 16.3. The maximum atomic E-state index is 12.8. The Balaban J connectivity index is 1.28. The number of nitrogens with zero attached hydrogens (tertiary/aromatic N) is 2. The van der Waals surface area contributed by atoms with Crippen molar-refractivity contribution in [3.05, 3.63) is 29.8 Å². The Labute approximate surface area is 166 Å². The van der Waals surface area contributed by atoms with Crippen molar-refractivity contribution in [2.24, 2.45) is 5.92 Å². The molecule has 3 aliphatic rings. The van der Waals surface area contributed by atoms with Crippen molar-refractivity contribution in [1.82, 2.24) is 9.80 Å². The van der Waals surface area contributed by atoms with E-state index in [2.05, 4.69) is 4.90 Å². The molecule has 6 heteroatoms. The van der Waals surface area contributed by atoms with E-state index >= 15 is 0 Å². The smallest absolute Gasteiger partial charge is 0.246 e. The van der Waals surface area contributed by atoms with Gasteiger partial charge in [-0.25, -0.2) is 0 Å². The number of fused-ring (bicyclic) bond motifs is 1. The van der Waals surface area contributed by atoms with Crippen molar-refractivity contribution >= 4 is 17.9 Å². The fraction of sp³-hybridized carbons (Fsp3) is 0.545. The number of piperidine rings is 1. The van der Waals surface area contributed by atoms with Gasteiger partial charge in [0.05, 0.1) is 0 Å². The molecule has 2 saturated heterocycles. The number of rotatable bonds is 3. The molecule has 2 fully saturated rings. The second kappa shape index (κ2) is 8.67. The van der Waals surface area contributed by atoms with E-state index in [1.54, 1.807) is 12.2 Å².